The third kappa shape index (κ3) is 4.66. The number of rotatable bonds is 6. The highest BCUT2D eigenvalue weighted by Crippen LogP contribution is 2.26. The first kappa shape index (κ1) is 17.0. The first-order valence-electron chi connectivity index (χ1n) is 6.16. The minimum absolute atomic E-state index is 0.123. The summed E-state index contributed by atoms with van der Waals surface area (Å²) in [5.41, 5.74) is 7.21. The van der Waals surface area contributed by atoms with E-state index in [1.807, 2.05) is 6.92 Å². The monoisotopic (exact) mass is 354 g/mol. The van der Waals surface area contributed by atoms with E-state index in [-0.39, 0.29) is 10.1 Å². The van der Waals surface area contributed by atoms with Crippen molar-refractivity contribution >= 4 is 22.6 Å². The van der Waals surface area contributed by atoms with E-state index in [2.05, 4.69) is 62.1 Å². The second kappa shape index (κ2) is 7.46. The van der Waals surface area contributed by atoms with E-state index in [1.54, 1.807) is 7.11 Å². The van der Waals surface area contributed by atoms with Gasteiger partial charge in [0.25, 0.3) is 0 Å². The van der Waals surface area contributed by atoms with Gasteiger partial charge in [0.2, 0.25) is 0 Å². The highest BCUT2D eigenvalue weighted by Gasteiger charge is 2.25. The Balaban J connectivity index is 5.32. The van der Waals surface area contributed by atoms with Crippen molar-refractivity contribution in [2.75, 3.05) is 7.11 Å². The lowest BCUT2D eigenvalue weighted by Crippen LogP contribution is -2.45. The second-order valence-corrected chi connectivity index (χ2v) is 6.32. The summed E-state index contributed by atoms with van der Waals surface area (Å²) in [4.78, 5) is 2.34. The number of allylic oxidation sites excluding steroid dienone is 2. The van der Waals surface area contributed by atoms with Crippen molar-refractivity contribution in [2.45, 2.75) is 57.7 Å². The molecule has 0 heterocycles. The van der Waals surface area contributed by atoms with Crippen LogP contribution in [-0.4, -0.2) is 28.1 Å². The van der Waals surface area contributed by atoms with Gasteiger partial charge in [0, 0.05) is 23.7 Å². The maximum atomic E-state index is 6.02. The second-order valence-electron chi connectivity index (χ2n) is 5.04. The number of methoxy groups -OCH3 is 1. The number of nitrogens with zero attached hydrogens (tertiary/aromatic N) is 1. The van der Waals surface area contributed by atoms with Crippen molar-refractivity contribution in [3.05, 3.63) is 11.5 Å². The molecule has 0 spiro atoms. The van der Waals surface area contributed by atoms with Crippen molar-refractivity contribution in [1.82, 2.24) is 4.90 Å². The summed E-state index contributed by atoms with van der Waals surface area (Å²) in [6.45, 7) is 12.8. The van der Waals surface area contributed by atoms with Crippen LogP contribution in [0.15, 0.2) is 11.5 Å². The van der Waals surface area contributed by atoms with E-state index in [4.69, 9.17) is 10.5 Å². The normalized spacial score (nSPS) is 16.9. The van der Waals surface area contributed by atoms with Gasteiger partial charge in [-0.15, -0.1) is 0 Å². The van der Waals surface area contributed by atoms with Crippen LogP contribution in [0.4, 0.5) is 0 Å². The smallest absolute Gasteiger partial charge is 0.117 e. The van der Waals surface area contributed by atoms with Gasteiger partial charge >= 0.3 is 0 Å². The van der Waals surface area contributed by atoms with E-state index in [0.29, 0.717) is 12.0 Å². The topological polar surface area (TPSA) is 38.5 Å². The van der Waals surface area contributed by atoms with Crippen LogP contribution in [0.5, 0.6) is 0 Å². The molecule has 0 aromatic carbocycles. The van der Waals surface area contributed by atoms with Crippen LogP contribution in [0.3, 0.4) is 0 Å². The van der Waals surface area contributed by atoms with Crippen LogP contribution < -0.4 is 5.73 Å². The molecule has 0 aliphatic carbocycles. The maximum Gasteiger partial charge on any atom is 0.117 e. The lowest BCUT2D eigenvalue weighted by atomic mass is 10.1. The molecule has 102 valence electrons. The molecule has 2 atom stereocenters. The molecule has 0 aromatic heterocycles. The minimum atomic E-state index is 0.123. The first-order chi connectivity index (χ1) is 7.73. The lowest BCUT2D eigenvalue weighted by molar-refractivity contribution is 0.198. The molecule has 0 aliphatic heterocycles. The van der Waals surface area contributed by atoms with Crippen molar-refractivity contribution in [2.24, 2.45) is 11.7 Å². The summed E-state index contributed by atoms with van der Waals surface area (Å²) in [7, 11) is 1.74. The first-order valence-corrected chi connectivity index (χ1v) is 7.41. The average Bonchev–Trinajstić information content (AvgIpc) is 2.17. The van der Waals surface area contributed by atoms with E-state index in [0.717, 1.165) is 5.76 Å². The molecule has 0 saturated carbocycles. The summed E-state index contributed by atoms with van der Waals surface area (Å²) >= 11 is 2.41. The van der Waals surface area contributed by atoms with Gasteiger partial charge in [0.15, 0.2) is 0 Å². The van der Waals surface area contributed by atoms with Crippen molar-refractivity contribution in [3.8, 4) is 0 Å². The Bertz CT molecular complexity index is 262. The lowest BCUT2D eigenvalue weighted by Gasteiger charge is -2.37. The fraction of sp³-hybridized carbons (Fsp3) is 0.846. The summed E-state index contributed by atoms with van der Waals surface area (Å²) in [6, 6.07) is 0.532. The summed E-state index contributed by atoms with van der Waals surface area (Å²) in [6.07, 6.45) is 0. The van der Waals surface area contributed by atoms with E-state index < -0.39 is 0 Å². The molecular weight excluding hydrogens is 327 g/mol. The van der Waals surface area contributed by atoms with Crippen LogP contribution in [0.2, 0.25) is 0 Å². The largest absolute Gasteiger partial charge is 0.499 e. The minimum Gasteiger partial charge on any atom is -0.499 e. The Kier molecular flexibility index (Phi) is 7.47. The summed E-state index contributed by atoms with van der Waals surface area (Å²) in [5, 5.41) is 0. The van der Waals surface area contributed by atoms with Gasteiger partial charge in [-0.05, 0) is 27.7 Å². The van der Waals surface area contributed by atoms with Crippen LogP contribution in [0, 0.1) is 5.92 Å². The summed E-state index contributed by atoms with van der Waals surface area (Å²) in [5.74, 6) is 1.43. The third-order valence-corrected chi connectivity index (χ3v) is 4.48. The molecular formula is C13H27IN2O. The molecule has 0 rings (SSSR count). The van der Waals surface area contributed by atoms with Crippen LogP contribution in [-0.2, 0) is 4.74 Å². The third-order valence-electron chi connectivity index (χ3n) is 2.74. The SMILES string of the molecule is CO/C(=C(/C)N(C(C)C)C(I)C(C)N)C(C)C. The zero-order chi connectivity index (χ0) is 13.7. The number of halogens is 1. The molecule has 0 saturated heterocycles. The Morgan fingerprint density at radius 1 is 1.18 bits per heavy atom. The molecule has 0 amide bonds. The van der Waals surface area contributed by atoms with Gasteiger partial charge in [0.05, 0.1) is 11.2 Å². The molecule has 0 aromatic rings. The molecule has 2 unspecified atom stereocenters. The number of hydrogen-bond donors (Lipinski definition) is 1. The van der Waals surface area contributed by atoms with E-state index >= 15 is 0 Å². The molecule has 0 radical (unpaired) electrons. The molecule has 17 heavy (non-hydrogen) atoms. The predicted octanol–water partition coefficient (Wildman–Crippen LogP) is 3.34. The molecule has 3 nitrogen and oxygen atoms in total. The zero-order valence-electron chi connectivity index (χ0n) is 12.1. The standard InChI is InChI=1S/C13H27IN2O/c1-8(2)12(17-7)11(6)16(9(3)4)13(14)10(5)15/h8-10,13H,15H2,1-7H3/b12-11-. The van der Waals surface area contributed by atoms with Crippen LogP contribution >= 0.6 is 22.6 Å². The molecule has 0 aliphatic rings. The average molecular weight is 354 g/mol. The quantitative estimate of drug-likeness (QED) is 0.344. The Morgan fingerprint density at radius 3 is 1.88 bits per heavy atom. The van der Waals surface area contributed by atoms with Crippen molar-refractivity contribution < 1.29 is 4.74 Å². The number of nitrogens with two attached hydrogens (primary N) is 1. The maximum absolute atomic E-state index is 6.02. The van der Waals surface area contributed by atoms with Gasteiger partial charge in [0.1, 0.15) is 5.76 Å². The van der Waals surface area contributed by atoms with Crippen LogP contribution in [0.25, 0.3) is 0 Å². The number of ether oxygens (including phenoxy) is 1. The van der Waals surface area contributed by atoms with Crippen molar-refractivity contribution in [3.63, 3.8) is 0 Å². The van der Waals surface area contributed by atoms with Gasteiger partial charge in [-0.3, -0.25) is 0 Å². The molecule has 4 heteroatoms. The molecule has 0 fully saturated rings. The van der Waals surface area contributed by atoms with Gasteiger partial charge in [-0.1, -0.05) is 36.4 Å². The fourth-order valence-corrected chi connectivity index (χ4v) is 3.10. The summed E-state index contributed by atoms with van der Waals surface area (Å²) < 4.78 is 5.80. The van der Waals surface area contributed by atoms with Crippen molar-refractivity contribution in [1.29, 1.82) is 0 Å². The zero-order valence-corrected chi connectivity index (χ0v) is 14.3. The number of hydrogen-bond acceptors (Lipinski definition) is 3. The Labute approximate surface area is 120 Å². The van der Waals surface area contributed by atoms with E-state index in [1.165, 1.54) is 5.70 Å². The van der Waals surface area contributed by atoms with E-state index in [9.17, 15) is 0 Å². The highest BCUT2D eigenvalue weighted by molar-refractivity contribution is 14.1. The molecule has 2 N–H and O–H groups in total. The van der Waals surface area contributed by atoms with Gasteiger partial charge in [-0.25, -0.2) is 0 Å². The van der Waals surface area contributed by atoms with Gasteiger partial charge in [-0.2, -0.15) is 0 Å². The van der Waals surface area contributed by atoms with Crippen LogP contribution in [0.1, 0.15) is 41.5 Å². The Morgan fingerprint density at radius 2 is 1.65 bits per heavy atom. The number of alkyl halides is 1. The van der Waals surface area contributed by atoms with Gasteiger partial charge < -0.3 is 15.4 Å². The predicted molar refractivity (Wildman–Crippen MR) is 83.0 cm³/mol. The molecule has 0 bridgehead atoms. The highest BCUT2D eigenvalue weighted by atomic mass is 127. The Hall–Kier alpha value is 0.0300. The fourth-order valence-electron chi connectivity index (χ4n) is 2.04.